The van der Waals surface area contributed by atoms with Gasteiger partial charge < -0.3 is 10.2 Å². The number of carbonyl (C=O) groups is 2. The van der Waals surface area contributed by atoms with Gasteiger partial charge in [0.2, 0.25) is 0 Å². The van der Waals surface area contributed by atoms with Crippen molar-refractivity contribution in [3.8, 4) is 0 Å². The topological polar surface area (TPSA) is 140 Å². The molecule has 3 heterocycles. The van der Waals surface area contributed by atoms with Gasteiger partial charge in [-0.2, -0.15) is 0 Å². The van der Waals surface area contributed by atoms with Crippen LogP contribution in [-0.2, 0) is 26.0 Å². The fourth-order valence-electron chi connectivity index (χ4n) is 3.61. The second-order valence-electron chi connectivity index (χ2n) is 7.34. The average Bonchev–Trinajstić information content (AvgIpc) is 2.80. The monoisotopic (exact) mass is 487 g/mol. The molecule has 0 aliphatic carbocycles. The molecular formula is C23H18N3NaO6S. The van der Waals surface area contributed by atoms with E-state index >= 15 is 0 Å². The molecule has 0 radical (unpaired) electrons. The Morgan fingerprint density at radius 3 is 2.56 bits per heavy atom. The number of fused-ring (bicyclic) bond motifs is 1. The molecule has 2 aliphatic rings. The van der Waals surface area contributed by atoms with Crippen LogP contribution in [-0.4, -0.2) is 52.3 Å². The normalized spacial score (nSPS) is 20.6. The molecule has 0 saturated carbocycles. The van der Waals surface area contributed by atoms with Gasteiger partial charge in [0.05, 0.1) is 23.6 Å². The summed E-state index contributed by atoms with van der Waals surface area (Å²) in [5, 5.41) is 20.4. The van der Waals surface area contributed by atoms with E-state index in [9.17, 15) is 28.2 Å². The first-order valence-corrected chi connectivity index (χ1v) is 11.6. The Labute approximate surface area is 218 Å². The van der Waals surface area contributed by atoms with Crippen molar-refractivity contribution in [2.45, 2.75) is 11.9 Å². The fraction of sp³-hybridized carbons (Fsp3) is 0.130. The molecule has 1 amide bonds. The van der Waals surface area contributed by atoms with Crippen LogP contribution in [0.2, 0.25) is 0 Å². The van der Waals surface area contributed by atoms with Crippen LogP contribution < -0.4 is 34.7 Å². The second kappa shape index (κ2) is 10.5. The maximum Gasteiger partial charge on any atom is 1.00 e. The van der Waals surface area contributed by atoms with Crippen molar-refractivity contribution >= 4 is 33.7 Å². The van der Waals surface area contributed by atoms with Crippen molar-refractivity contribution in [1.82, 2.24) is 9.88 Å². The number of hydrogen-bond acceptors (Lipinski definition) is 7. The SMILES string of the molecule is O=C(O)C1=C(/C=C/C([O-])=NCc2ccccc2)CS(=O)(=O)[C@@H]2/C(=C/c3ccccn3)C(=O)N12.[Na+]. The van der Waals surface area contributed by atoms with Gasteiger partial charge in [-0.25, -0.2) is 13.2 Å². The number of carboxylic acid groups (broad SMARTS) is 1. The first-order valence-electron chi connectivity index (χ1n) is 9.85. The molecule has 11 heteroatoms. The van der Waals surface area contributed by atoms with Crippen LogP contribution in [0.5, 0.6) is 0 Å². The van der Waals surface area contributed by atoms with Gasteiger partial charge in [0, 0.05) is 6.20 Å². The van der Waals surface area contributed by atoms with Crippen molar-refractivity contribution in [2.24, 2.45) is 4.99 Å². The number of carboxylic acids is 1. The third kappa shape index (κ3) is 5.20. The Bertz CT molecular complexity index is 1340. The van der Waals surface area contributed by atoms with Gasteiger partial charge in [0.1, 0.15) is 5.70 Å². The zero-order valence-electron chi connectivity index (χ0n) is 18.2. The predicted molar refractivity (Wildman–Crippen MR) is 118 cm³/mol. The van der Waals surface area contributed by atoms with E-state index in [2.05, 4.69) is 9.98 Å². The maximum absolute atomic E-state index is 12.9. The molecule has 1 fully saturated rings. The van der Waals surface area contributed by atoms with E-state index in [-0.39, 0.29) is 47.2 Å². The average molecular weight is 487 g/mol. The van der Waals surface area contributed by atoms with Crippen LogP contribution in [0.1, 0.15) is 11.3 Å². The van der Waals surface area contributed by atoms with Gasteiger partial charge in [0.15, 0.2) is 15.2 Å². The number of benzene rings is 1. The molecular weight excluding hydrogens is 469 g/mol. The third-order valence-corrected chi connectivity index (χ3v) is 6.95. The molecule has 9 nitrogen and oxygen atoms in total. The Morgan fingerprint density at radius 1 is 1.21 bits per heavy atom. The van der Waals surface area contributed by atoms with Gasteiger partial charge in [-0.05, 0) is 35.2 Å². The maximum atomic E-state index is 12.9. The van der Waals surface area contributed by atoms with Gasteiger partial charge in [-0.1, -0.05) is 48.6 Å². The standard InChI is InChI=1S/C23H19N3O6S.Na/c27-19(25-13-15-6-2-1-3-7-15)10-9-16-14-33(31,32)22-18(12-17-8-4-5-11-24-17)21(28)26(22)20(16)23(29)30;/h1-12,22H,13-14H2,(H,25,27)(H,29,30);/q;+1/p-1/b10-9+,18-12+;/t22-;/m1./s1. The molecule has 1 atom stereocenters. The van der Waals surface area contributed by atoms with Crippen molar-refractivity contribution < 1.29 is 57.8 Å². The van der Waals surface area contributed by atoms with E-state index in [1.165, 1.54) is 12.3 Å². The second-order valence-corrected chi connectivity index (χ2v) is 9.40. The third-order valence-electron chi connectivity index (χ3n) is 5.09. The summed E-state index contributed by atoms with van der Waals surface area (Å²) < 4.78 is 25.8. The quantitative estimate of drug-likeness (QED) is 0.162. The number of pyridine rings is 1. The molecule has 2 aliphatic heterocycles. The van der Waals surface area contributed by atoms with Crippen molar-refractivity contribution in [2.75, 3.05) is 5.75 Å². The van der Waals surface area contributed by atoms with Crippen LogP contribution in [0.4, 0.5) is 0 Å². The zero-order valence-corrected chi connectivity index (χ0v) is 21.0. The van der Waals surface area contributed by atoms with Crippen LogP contribution >= 0.6 is 0 Å². The molecule has 34 heavy (non-hydrogen) atoms. The summed E-state index contributed by atoms with van der Waals surface area (Å²) in [6.45, 7) is 0.126. The summed E-state index contributed by atoms with van der Waals surface area (Å²) in [7, 11) is -3.95. The van der Waals surface area contributed by atoms with Crippen LogP contribution in [0.15, 0.2) is 88.7 Å². The van der Waals surface area contributed by atoms with Crippen LogP contribution in [0.25, 0.3) is 6.08 Å². The van der Waals surface area contributed by atoms with Crippen molar-refractivity contribution in [3.63, 3.8) is 0 Å². The molecule has 0 bridgehead atoms. The Balaban J connectivity index is 0.00000324. The molecule has 2 aromatic rings. The van der Waals surface area contributed by atoms with Crippen LogP contribution in [0, 0.1) is 0 Å². The smallest absolute Gasteiger partial charge is 0.859 e. The number of β-lactam (4-membered cyclic amide) rings is 1. The molecule has 168 valence electrons. The van der Waals surface area contributed by atoms with Gasteiger partial charge in [0.25, 0.3) is 5.91 Å². The van der Waals surface area contributed by atoms with E-state index in [4.69, 9.17) is 0 Å². The first-order chi connectivity index (χ1) is 15.8. The summed E-state index contributed by atoms with van der Waals surface area (Å²) in [4.78, 5) is 33.3. The summed E-state index contributed by atoms with van der Waals surface area (Å²) in [6, 6.07) is 14.0. The summed E-state index contributed by atoms with van der Waals surface area (Å²) >= 11 is 0. The van der Waals surface area contributed by atoms with E-state index in [0.29, 0.717) is 5.69 Å². The van der Waals surface area contributed by atoms with Gasteiger partial charge in [-0.15, -0.1) is 0 Å². The molecule has 4 rings (SSSR count). The predicted octanol–water partition coefficient (Wildman–Crippen LogP) is -2.08. The number of aliphatic imine (C=N–C) groups is 1. The van der Waals surface area contributed by atoms with E-state index in [1.54, 1.807) is 42.5 Å². The van der Waals surface area contributed by atoms with E-state index < -0.39 is 44.4 Å². The number of hydrogen-bond donors (Lipinski definition) is 1. The minimum atomic E-state index is -3.95. The number of carbonyl (C=O) groups excluding carboxylic acids is 1. The number of rotatable bonds is 6. The Morgan fingerprint density at radius 2 is 1.91 bits per heavy atom. The number of nitrogens with zero attached hydrogens (tertiary/aromatic N) is 3. The fourth-order valence-corrected chi connectivity index (χ4v) is 5.52. The number of amides is 1. The molecule has 0 spiro atoms. The van der Waals surface area contributed by atoms with Crippen LogP contribution in [0.3, 0.4) is 0 Å². The molecule has 0 unspecified atom stereocenters. The Kier molecular flexibility index (Phi) is 7.88. The largest absolute Gasteiger partial charge is 1.00 e. The van der Waals surface area contributed by atoms with Crippen molar-refractivity contribution in [1.29, 1.82) is 0 Å². The summed E-state index contributed by atoms with van der Waals surface area (Å²) in [5.41, 5.74) is 0.515. The minimum absolute atomic E-state index is 0. The number of aliphatic carboxylic acids is 1. The van der Waals surface area contributed by atoms with Crippen molar-refractivity contribution in [3.05, 3.63) is 95.0 Å². The van der Waals surface area contributed by atoms with Gasteiger partial charge in [-0.3, -0.25) is 19.7 Å². The molecule has 1 saturated heterocycles. The summed E-state index contributed by atoms with van der Waals surface area (Å²) in [5.74, 6) is -3.49. The number of allylic oxidation sites excluding steroid dienone is 1. The summed E-state index contributed by atoms with van der Waals surface area (Å²) in [6.07, 6.45) is 4.94. The van der Waals surface area contributed by atoms with Gasteiger partial charge >= 0.3 is 35.5 Å². The van der Waals surface area contributed by atoms with E-state index in [1.807, 2.05) is 6.07 Å². The first kappa shape index (κ1) is 25.6. The number of sulfone groups is 1. The molecule has 1 N–H and O–H groups in total. The molecule has 1 aromatic carbocycles. The number of aromatic nitrogens is 1. The Hall–Kier alpha value is -3.05. The minimum Gasteiger partial charge on any atom is -0.859 e. The van der Waals surface area contributed by atoms with E-state index in [0.717, 1.165) is 22.6 Å². The zero-order chi connectivity index (χ0) is 23.6. The molecule has 1 aromatic heterocycles.